The zero-order valence-electron chi connectivity index (χ0n) is 8.39. The van der Waals surface area contributed by atoms with Crippen molar-refractivity contribution in [3.63, 3.8) is 0 Å². The van der Waals surface area contributed by atoms with Gasteiger partial charge in [-0.15, -0.1) is 0 Å². The van der Waals surface area contributed by atoms with Crippen LogP contribution in [-0.2, 0) is 12.8 Å². The van der Waals surface area contributed by atoms with Gasteiger partial charge in [0.2, 0.25) is 0 Å². The molecule has 1 aliphatic carbocycles. The van der Waals surface area contributed by atoms with Crippen molar-refractivity contribution in [2.75, 3.05) is 0 Å². The van der Waals surface area contributed by atoms with Crippen LogP contribution in [0, 0.1) is 5.82 Å². The number of hydrogen-bond acceptors (Lipinski definition) is 1. The molecule has 1 atom stereocenters. The fourth-order valence-electron chi connectivity index (χ4n) is 2.43. The normalized spacial score (nSPS) is 20.5. The average molecular weight is 204 g/mol. The Balaban J connectivity index is 2.24. The first kappa shape index (κ1) is 8.92. The third kappa shape index (κ3) is 1.35. The number of benzene rings is 1. The lowest BCUT2D eigenvalue weighted by molar-refractivity contribution is 0.572. The smallest absolute Gasteiger partial charge is 0.123 e. The van der Waals surface area contributed by atoms with E-state index in [-0.39, 0.29) is 11.9 Å². The summed E-state index contributed by atoms with van der Waals surface area (Å²) in [5, 5.41) is 1.02. The van der Waals surface area contributed by atoms with Gasteiger partial charge in [-0.05, 0) is 36.6 Å². The summed E-state index contributed by atoms with van der Waals surface area (Å²) in [6, 6.07) is 5.15. The van der Waals surface area contributed by atoms with E-state index < -0.39 is 0 Å². The molecule has 0 fully saturated rings. The van der Waals surface area contributed by atoms with Crippen LogP contribution < -0.4 is 5.73 Å². The first-order valence-electron chi connectivity index (χ1n) is 5.28. The predicted octanol–water partition coefficient (Wildman–Crippen LogP) is 2.12. The molecule has 1 aromatic carbocycles. The van der Waals surface area contributed by atoms with E-state index in [1.807, 2.05) is 0 Å². The molecule has 3 heteroatoms. The van der Waals surface area contributed by atoms with Crippen molar-refractivity contribution in [2.45, 2.75) is 25.3 Å². The zero-order chi connectivity index (χ0) is 10.4. The second kappa shape index (κ2) is 3.07. The molecule has 1 aliphatic rings. The van der Waals surface area contributed by atoms with E-state index in [1.165, 1.54) is 17.3 Å². The second-order valence-corrected chi connectivity index (χ2v) is 4.27. The Morgan fingerprint density at radius 2 is 2.27 bits per heavy atom. The molecule has 1 heterocycles. The molecule has 3 N–H and O–H groups in total. The van der Waals surface area contributed by atoms with Crippen molar-refractivity contribution in [1.82, 2.24) is 4.98 Å². The molecule has 3 rings (SSSR count). The van der Waals surface area contributed by atoms with Crippen molar-refractivity contribution in [3.8, 4) is 0 Å². The van der Waals surface area contributed by atoms with Crippen molar-refractivity contribution >= 4 is 10.9 Å². The molecule has 0 saturated carbocycles. The van der Waals surface area contributed by atoms with Crippen molar-refractivity contribution < 1.29 is 4.39 Å². The monoisotopic (exact) mass is 204 g/mol. The van der Waals surface area contributed by atoms with E-state index in [9.17, 15) is 4.39 Å². The van der Waals surface area contributed by atoms with E-state index in [2.05, 4.69) is 4.98 Å². The quantitative estimate of drug-likeness (QED) is 0.678. The minimum Gasteiger partial charge on any atom is -0.358 e. The first-order chi connectivity index (χ1) is 7.24. The largest absolute Gasteiger partial charge is 0.358 e. The van der Waals surface area contributed by atoms with Gasteiger partial charge in [0.15, 0.2) is 0 Å². The first-order valence-corrected chi connectivity index (χ1v) is 5.28. The van der Waals surface area contributed by atoms with Gasteiger partial charge in [-0.25, -0.2) is 4.39 Å². The standard InChI is InChI=1S/C12H13FN2/c13-7-1-4-11-10(5-7)9-3-2-8(14)6-12(9)15-11/h1,4-5,8,15H,2-3,6,14H2/t8-/m0/s1. The molecule has 0 amide bonds. The number of nitrogens with one attached hydrogen (secondary N) is 1. The number of H-pyrrole nitrogens is 1. The Kier molecular flexibility index (Phi) is 1.83. The van der Waals surface area contributed by atoms with Gasteiger partial charge in [0.1, 0.15) is 5.82 Å². The summed E-state index contributed by atoms with van der Waals surface area (Å²) in [7, 11) is 0. The number of hydrogen-bond donors (Lipinski definition) is 2. The fourth-order valence-corrected chi connectivity index (χ4v) is 2.43. The van der Waals surface area contributed by atoms with E-state index in [4.69, 9.17) is 5.73 Å². The van der Waals surface area contributed by atoms with Crippen LogP contribution >= 0.6 is 0 Å². The van der Waals surface area contributed by atoms with Crippen LogP contribution in [0.15, 0.2) is 18.2 Å². The van der Waals surface area contributed by atoms with E-state index in [1.54, 1.807) is 12.1 Å². The molecule has 2 aromatic rings. The fraction of sp³-hybridized carbons (Fsp3) is 0.333. The van der Waals surface area contributed by atoms with Gasteiger partial charge >= 0.3 is 0 Å². The van der Waals surface area contributed by atoms with E-state index in [0.29, 0.717) is 0 Å². The second-order valence-electron chi connectivity index (χ2n) is 4.27. The molecule has 0 aliphatic heterocycles. The van der Waals surface area contributed by atoms with Crippen LogP contribution in [0.3, 0.4) is 0 Å². The molecular formula is C12H13FN2. The number of aryl methyl sites for hydroxylation is 1. The summed E-state index contributed by atoms with van der Waals surface area (Å²) in [4.78, 5) is 3.33. The lowest BCUT2D eigenvalue weighted by Crippen LogP contribution is -2.27. The highest BCUT2D eigenvalue weighted by Crippen LogP contribution is 2.28. The van der Waals surface area contributed by atoms with Gasteiger partial charge in [0.25, 0.3) is 0 Å². The van der Waals surface area contributed by atoms with Gasteiger partial charge in [-0.1, -0.05) is 0 Å². The molecule has 2 nitrogen and oxygen atoms in total. The summed E-state index contributed by atoms with van der Waals surface area (Å²) in [6.07, 6.45) is 2.84. The van der Waals surface area contributed by atoms with Gasteiger partial charge in [0.05, 0.1) is 0 Å². The van der Waals surface area contributed by atoms with Gasteiger partial charge in [0, 0.05) is 29.1 Å². The molecule has 0 saturated heterocycles. The Labute approximate surface area is 87.3 Å². The van der Waals surface area contributed by atoms with Crippen molar-refractivity contribution in [2.24, 2.45) is 5.73 Å². The van der Waals surface area contributed by atoms with Crippen LogP contribution in [0.25, 0.3) is 10.9 Å². The van der Waals surface area contributed by atoms with E-state index in [0.717, 1.165) is 30.2 Å². The number of halogens is 1. The Morgan fingerprint density at radius 1 is 1.40 bits per heavy atom. The highest BCUT2D eigenvalue weighted by atomic mass is 19.1. The lowest BCUT2D eigenvalue weighted by Gasteiger charge is -2.17. The lowest BCUT2D eigenvalue weighted by atomic mass is 9.92. The highest BCUT2D eigenvalue weighted by Gasteiger charge is 2.19. The maximum atomic E-state index is 13.1. The number of nitrogens with two attached hydrogens (primary N) is 1. The molecule has 0 bridgehead atoms. The summed E-state index contributed by atoms with van der Waals surface area (Å²) in [5.41, 5.74) is 9.38. The van der Waals surface area contributed by atoms with Crippen LogP contribution in [0.2, 0.25) is 0 Å². The summed E-state index contributed by atoms with van der Waals surface area (Å²) in [5.74, 6) is -0.167. The molecule has 0 spiro atoms. The van der Waals surface area contributed by atoms with Crippen LogP contribution in [0.5, 0.6) is 0 Å². The molecule has 15 heavy (non-hydrogen) atoms. The SMILES string of the molecule is N[C@H]1CCc2c([nH]c3ccc(F)cc23)C1. The molecule has 0 radical (unpaired) electrons. The molecule has 1 aromatic heterocycles. The van der Waals surface area contributed by atoms with Crippen molar-refractivity contribution in [1.29, 1.82) is 0 Å². The maximum Gasteiger partial charge on any atom is 0.123 e. The third-order valence-electron chi connectivity index (χ3n) is 3.19. The van der Waals surface area contributed by atoms with Crippen LogP contribution in [0.4, 0.5) is 4.39 Å². The zero-order valence-corrected chi connectivity index (χ0v) is 8.39. The van der Waals surface area contributed by atoms with Crippen LogP contribution in [-0.4, -0.2) is 11.0 Å². The molecular weight excluding hydrogens is 191 g/mol. The highest BCUT2D eigenvalue weighted by molar-refractivity contribution is 5.85. The molecule has 78 valence electrons. The summed E-state index contributed by atoms with van der Waals surface area (Å²) in [6.45, 7) is 0. The van der Waals surface area contributed by atoms with Gasteiger partial charge in [-0.2, -0.15) is 0 Å². The summed E-state index contributed by atoms with van der Waals surface area (Å²) < 4.78 is 13.1. The minimum absolute atomic E-state index is 0.167. The van der Waals surface area contributed by atoms with Crippen LogP contribution in [0.1, 0.15) is 17.7 Å². The Morgan fingerprint density at radius 3 is 3.13 bits per heavy atom. The summed E-state index contributed by atoms with van der Waals surface area (Å²) >= 11 is 0. The topological polar surface area (TPSA) is 41.8 Å². The van der Waals surface area contributed by atoms with Crippen molar-refractivity contribution in [3.05, 3.63) is 35.3 Å². The number of rotatable bonds is 0. The number of aromatic amines is 1. The number of fused-ring (bicyclic) bond motifs is 3. The molecule has 0 unspecified atom stereocenters. The third-order valence-corrected chi connectivity index (χ3v) is 3.19. The minimum atomic E-state index is -0.167. The maximum absolute atomic E-state index is 13.1. The van der Waals surface area contributed by atoms with Gasteiger partial charge in [-0.3, -0.25) is 0 Å². The Bertz CT molecular complexity index is 516. The van der Waals surface area contributed by atoms with Gasteiger partial charge < -0.3 is 10.7 Å². The van der Waals surface area contributed by atoms with E-state index >= 15 is 0 Å². The average Bonchev–Trinajstić information content (AvgIpc) is 2.54. The number of aromatic nitrogens is 1. The predicted molar refractivity (Wildman–Crippen MR) is 58.3 cm³/mol. The Hall–Kier alpha value is -1.35.